The highest BCUT2D eigenvalue weighted by molar-refractivity contribution is 7.85. The average Bonchev–Trinajstić information content (AvgIpc) is 2.80. The lowest BCUT2D eigenvalue weighted by atomic mass is 9.96. The maximum absolute atomic E-state index is 12.5. The van der Waals surface area contributed by atoms with Gasteiger partial charge in [0.05, 0.1) is 16.8 Å². The topological polar surface area (TPSA) is 23.6 Å². The van der Waals surface area contributed by atoms with E-state index in [2.05, 4.69) is 70.5 Å². The molecule has 0 saturated carbocycles. The molecule has 1 saturated heterocycles. The molecule has 3 aromatic rings. The van der Waals surface area contributed by atoms with Crippen molar-refractivity contribution in [2.75, 3.05) is 38.5 Å². The second-order valence-corrected chi connectivity index (χ2v) is 9.03. The Morgan fingerprint density at radius 1 is 0.690 bits per heavy atom. The highest BCUT2D eigenvalue weighted by Crippen LogP contribution is 2.29. The van der Waals surface area contributed by atoms with E-state index in [9.17, 15) is 4.21 Å². The van der Waals surface area contributed by atoms with Crippen LogP contribution in [-0.4, -0.2) is 52.5 Å². The van der Waals surface area contributed by atoms with Crippen LogP contribution in [0.4, 0.5) is 0 Å². The Hall–Kier alpha value is -2.27. The Morgan fingerprint density at radius 3 is 1.69 bits per heavy atom. The average molecular weight is 405 g/mol. The van der Waals surface area contributed by atoms with E-state index in [0.717, 1.165) is 37.6 Å². The van der Waals surface area contributed by atoms with Gasteiger partial charge in [0.2, 0.25) is 0 Å². The van der Waals surface area contributed by atoms with Crippen molar-refractivity contribution in [3.8, 4) is 0 Å². The van der Waals surface area contributed by atoms with Gasteiger partial charge in [-0.15, -0.1) is 0 Å². The molecule has 0 spiro atoms. The Balaban J connectivity index is 1.38. The van der Waals surface area contributed by atoms with Crippen LogP contribution in [0.25, 0.3) is 0 Å². The molecule has 0 amide bonds. The summed E-state index contributed by atoms with van der Waals surface area (Å²) in [4.78, 5) is 5.96. The molecule has 1 unspecified atom stereocenters. The highest BCUT2D eigenvalue weighted by atomic mass is 32.2. The van der Waals surface area contributed by atoms with Crippen LogP contribution in [0, 0.1) is 0 Å². The molecule has 0 aliphatic carbocycles. The minimum atomic E-state index is -0.917. The maximum atomic E-state index is 12.5. The van der Waals surface area contributed by atoms with Gasteiger partial charge in [-0.1, -0.05) is 78.9 Å². The summed E-state index contributed by atoms with van der Waals surface area (Å²) in [6.45, 7) is 4.96. The van der Waals surface area contributed by atoms with Gasteiger partial charge < -0.3 is 0 Å². The lowest BCUT2D eigenvalue weighted by Gasteiger charge is -2.39. The number of nitrogens with zero attached hydrogens (tertiary/aromatic N) is 2. The van der Waals surface area contributed by atoms with E-state index in [-0.39, 0.29) is 6.04 Å². The van der Waals surface area contributed by atoms with Crippen LogP contribution in [0.5, 0.6) is 0 Å². The number of benzene rings is 3. The van der Waals surface area contributed by atoms with Crippen molar-refractivity contribution in [3.63, 3.8) is 0 Å². The van der Waals surface area contributed by atoms with Crippen molar-refractivity contribution in [2.24, 2.45) is 0 Å². The minimum Gasteiger partial charge on any atom is -0.300 e. The van der Waals surface area contributed by atoms with Crippen molar-refractivity contribution >= 4 is 10.8 Å². The third-order valence-electron chi connectivity index (χ3n) is 5.60. The summed E-state index contributed by atoms with van der Waals surface area (Å²) in [6, 6.07) is 31.7. The molecule has 0 radical (unpaired) electrons. The van der Waals surface area contributed by atoms with Gasteiger partial charge in [-0.05, 0) is 23.3 Å². The second kappa shape index (κ2) is 9.97. The molecule has 150 valence electrons. The van der Waals surface area contributed by atoms with Crippen LogP contribution in [0.1, 0.15) is 17.2 Å². The highest BCUT2D eigenvalue weighted by Gasteiger charge is 2.26. The summed E-state index contributed by atoms with van der Waals surface area (Å²) in [5.41, 5.74) is 2.69. The van der Waals surface area contributed by atoms with Crippen LogP contribution in [0.3, 0.4) is 0 Å². The standard InChI is InChI=1S/C25H28N2OS/c28-29(24-14-8-3-9-15-24)21-20-26-16-18-27(19-17-26)25(22-10-4-1-5-11-22)23-12-6-2-7-13-23/h1-15,25H,16-21H2. The molecule has 1 atom stereocenters. The molecule has 0 aromatic heterocycles. The molecule has 0 bridgehead atoms. The molecular formula is C25H28N2OS. The zero-order valence-electron chi connectivity index (χ0n) is 16.7. The fraction of sp³-hybridized carbons (Fsp3) is 0.280. The Labute approximate surface area is 176 Å². The first-order chi connectivity index (χ1) is 14.3. The Bertz CT molecular complexity index is 854. The van der Waals surface area contributed by atoms with E-state index >= 15 is 0 Å². The van der Waals surface area contributed by atoms with Gasteiger partial charge in [-0.25, -0.2) is 0 Å². The lowest BCUT2D eigenvalue weighted by molar-refractivity contribution is 0.114. The van der Waals surface area contributed by atoms with Gasteiger partial charge in [-0.2, -0.15) is 0 Å². The van der Waals surface area contributed by atoms with E-state index < -0.39 is 10.8 Å². The predicted octanol–water partition coefficient (Wildman–Crippen LogP) is 4.20. The summed E-state index contributed by atoms with van der Waals surface area (Å²) >= 11 is 0. The van der Waals surface area contributed by atoms with Crippen molar-refractivity contribution < 1.29 is 4.21 Å². The third-order valence-corrected chi connectivity index (χ3v) is 6.95. The van der Waals surface area contributed by atoms with Gasteiger partial charge in [0.25, 0.3) is 0 Å². The zero-order valence-corrected chi connectivity index (χ0v) is 17.5. The van der Waals surface area contributed by atoms with Gasteiger partial charge in [-0.3, -0.25) is 14.0 Å². The van der Waals surface area contributed by atoms with E-state index in [1.54, 1.807) is 0 Å². The predicted molar refractivity (Wildman–Crippen MR) is 120 cm³/mol. The van der Waals surface area contributed by atoms with Crippen LogP contribution in [0.15, 0.2) is 95.9 Å². The lowest BCUT2D eigenvalue weighted by Crippen LogP contribution is -2.48. The number of piperazine rings is 1. The van der Waals surface area contributed by atoms with Crippen molar-refractivity contribution in [1.82, 2.24) is 9.80 Å². The second-order valence-electron chi connectivity index (χ2n) is 7.46. The van der Waals surface area contributed by atoms with Gasteiger partial charge in [0.15, 0.2) is 0 Å². The molecule has 3 nitrogen and oxygen atoms in total. The molecule has 29 heavy (non-hydrogen) atoms. The van der Waals surface area contributed by atoms with Crippen molar-refractivity contribution in [3.05, 3.63) is 102 Å². The summed E-state index contributed by atoms with van der Waals surface area (Å²) < 4.78 is 12.5. The SMILES string of the molecule is O=S(CCN1CCN(C(c2ccccc2)c2ccccc2)CC1)c1ccccc1. The van der Waals surface area contributed by atoms with Gasteiger partial charge in [0.1, 0.15) is 0 Å². The Kier molecular flexibility index (Phi) is 6.88. The molecular weight excluding hydrogens is 376 g/mol. The first-order valence-corrected chi connectivity index (χ1v) is 11.6. The molecule has 1 aliphatic heterocycles. The number of hydrogen-bond acceptors (Lipinski definition) is 3. The van der Waals surface area contributed by atoms with Crippen LogP contribution in [0.2, 0.25) is 0 Å². The molecule has 4 heteroatoms. The smallest absolute Gasteiger partial charge is 0.0602 e. The third kappa shape index (κ3) is 5.21. The number of hydrogen-bond donors (Lipinski definition) is 0. The minimum absolute atomic E-state index is 0.290. The zero-order chi connectivity index (χ0) is 19.9. The quantitative estimate of drug-likeness (QED) is 0.590. The van der Waals surface area contributed by atoms with E-state index in [0.29, 0.717) is 5.75 Å². The van der Waals surface area contributed by atoms with E-state index in [1.807, 2.05) is 30.3 Å². The summed E-state index contributed by atoms with van der Waals surface area (Å²) in [5, 5.41) is 0. The van der Waals surface area contributed by atoms with Crippen LogP contribution < -0.4 is 0 Å². The van der Waals surface area contributed by atoms with Crippen molar-refractivity contribution in [2.45, 2.75) is 10.9 Å². The molecule has 4 rings (SSSR count). The summed E-state index contributed by atoms with van der Waals surface area (Å²) in [6.07, 6.45) is 0. The first-order valence-electron chi connectivity index (χ1n) is 10.3. The largest absolute Gasteiger partial charge is 0.300 e. The van der Waals surface area contributed by atoms with Crippen molar-refractivity contribution in [1.29, 1.82) is 0 Å². The fourth-order valence-electron chi connectivity index (χ4n) is 4.03. The summed E-state index contributed by atoms with van der Waals surface area (Å²) in [5.74, 6) is 0.699. The monoisotopic (exact) mass is 404 g/mol. The Morgan fingerprint density at radius 2 is 1.17 bits per heavy atom. The van der Waals surface area contributed by atoms with Crippen LogP contribution >= 0.6 is 0 Å². The molecule has 1 aliphatic rings. The van der Waals surface area contributed by atoms with Gasteiger partial charge in [0, 0.05) is 43.4 Å². The van der Waals surface area contributed by atoms with E-state index in [1.165, 1.54) is 11.1 Å². The normalized spacial score (nSPS) is 16.7. The molecule has 1 heterocycles. The summed E-state index contributed by atoms with van der Waals surface area (Å²) in [7, 11) is -0.917. The first kappa shape index (κ1) is 20.0. The van der Waals surface area contributed by atoms with Crippen LogP contribution in [-0.2, 0) is 10.8 Å². The van der Waals surface area contributed by atoms with Gasteiger partial charge >= 0.3 is 0 Å². The number of rotatable bonds is 7. The van der Waals surface area contributed by atoms with E-state index in [4.69, 9.17) is 0 Å². The molecule has 3 aromatic carbocycles. The maximum Gasteiger partial charge on any atom is 0.0602 e. The molecule has 0 N–H and O–H groups in total. The molecule has 1 fully saturated rings. The fourth-order valence-corrected chi connectivity index (χ4v) is 5.15.